The van der Waals surface area contributed by atoms with Crippen LogP contribution in [0.3, 0.4) is 0 Å². The third kappa shape index (κ3) is 6.91. The molecule has 0 rings (SSSR count). The Balaban J connectivity index is 4.17. The van der Waals surface area contributed by atoms with E-state index in [4.69, 9.17) is 0 Å². The van der Waals surface area contributed by atoms with Crippen LogP contribution in [0.25, 0.3) is 0 Å². The van der Waals surface area contributed by atoms with Crippen LogP contribution in [-0.4, -0.2) is 23.3 Å². The van der Waals surface area contributed by atoms with Gasteiger partial charge in [0.1, 0.15) is 0 Å². The SMILES string of the molecule is CCCCCCS(C)(CCCCCC)C(F)(F)F. The van der Waals surface area contributed by atoms with Gasteiger partial charge in [-0.3, -0.25) is 0 Å². The first-order chi connectivity index (χ1) is 8.37. The van der Waals surface area contributed by atoms with Crippen molar-refractivity contribution in [1.29, 1.82) is 0 Å². The Hall–Kier alpha value is 0.140. The van der Waals surface area contributed by atoms with Gasteiger partial charge >= 0.3 is 5.51 Å². The fourth-order valence-electron chi connectivity index (χ4n) is 2.03. The maximum atomic E-state index is 13.2. The molecule has 0 saturated heterocycles. The van der Waals surface area contributed by atoms with E-state index in [1.807, 2.05) is 0 Å². The topological polar surface area (TPSA) is 0 Å². The number of rotatable bonds is 10. The van der Waals surface area contributed by atoms with Crippen molar-refractivity contribution in [3.63, 3.8) is 0 Å². The summed E-state index contributed by atoms with van der Waals surface area (Å²) in [4.78, 5) is 0. The third-order valence-corrected chi connectivity index (χ3v) is 6.95. The van der Waals surface area contributed by atoms with Gasteiger partial charge in [0, 0.05) is 0 Å². The molecule has 0 saturated carbocycles. The Morgan fingerprint density at radius 1 is 0.722 bits per heavy atom. The Morgan fingerprint density at radius 3 is 1.39 bits per heavy atom. The summed E-state index contributed by atoms with van der Waals surface area (Å²) in [7, 11) is -2.42. The average Bonchev–Trinajstić information content (AvgIpc) is 2.29. The van der Waals surface area contributed by atoms with E-state index < -0.39 is 15.5 Å². The van der Waals surface area contributed by atoms with Crippen LogP contribution in [0.2, 0.25) is 0 Å². The van der Waals surface area contributed by atoms with Gasteiger partial charge in [-0.1, -0.05) is 52.4 Å². The highest BCUT2D eigenvalue weighted by atomic mass is 32.3. The summed E-state index contributed by atoms with van der Waals surface area (Å²) in [5.74, 6) is 0.755. The van der Waals surface area contributed by atoms with Crippen LogP contribution in [0, 0.1) is 0 Å². The summed E-state index contributed by atoms with van der Waals surface area (Å²) in [6.45, 7) is 4.17. The van der Waals surface area contributed by atoms with Crippen LogP contribution in [0.1, 0.15) is 65.2 Å². The molecule has 0 aliphatic rings. The molecule has 0 aromatic carbocycles. The maximum Gasteiger partial charge on any atom is 0.425 e. The number of halogens is 3. The van der Waals surface area contributed by atoms with E-state index in [9.17, 15) is 13.2 Å². The number of hydrogen-bond donors (Lipinski definition) is 0. The van der Waals surface area contributed by atoms with E-state index in [1.165, 1.54) is 6.26 Å². The van der Waals surface area contributed by atoms with Gasteiger partial charge in [-0.15, -0.1) is 0 Å². The van der Waals surface area contributed by atoms with Crippen LogP contribution < -0.4 is 0 Å². The molecule has 0 nitrogen and oxygen atoms in total. The van der Waals surface area contributed by atoms with Crippen molar-refractivity contribution >= 4 is 10.0 Å². The molecule has 0 N–H and O–H groups in total. The number of hydrogen-bond acceptors (Lipinski definition) is 0. The predicted octanol–water partition coefficient (Wildman–Crippen LogP) is 6.10. The van der Waals surface area contributed by atoms with Gasteiger partial charge in [-0.25, -0.2) is 0 Å². The highest BCUT2D eigenvalue weighted by Gasteiger charge is 2.45. The second-order valence-electron chi connectivity index (χ2n) is 5.25. The van der Waals surface area contributed by atoms with Crippen LogP contribution in [-0.2, 0) is 0 Å². The Morgan fingerprint density at radius 2 is 1.11 bits per heavy atom. The van der Waals surface area contributed by atoms with Crippen molar-refractivity contribution in [3.05, 3.63) is 0 Å². The fourth-order valence-corrected chi connectivity index (χ4v) is 4.38. The minimum atomic E-state index is -3.97. The number of unbranched alkanes of at least 4 members (excludes halogenated alkanes) is 6. The summed E-state index contributed by atoms with van der Waals surface area (Å²) < 4.78 is 39.5. The zero-order valence-corrected chi connectivity index (χ0v) is 12.9. The second-order valence-corrected chi connectivity index (χ2v) is 9.08. The van der Waals surface area contributed by atoms with Crippen molar-refractivity contribution in [2.75, 3.05) is 17.8 Å². The summed E-state index contributed by atoms with van der Waals surface area (Å²) in [5, 5.41) is 0. The van der Waals surface area contributed by atoms with Crippen LogP contribution >= 0.6 is 10.0 Å². The molecule has 0 bridgehead atoms. The Bertz CT molecular complexity index is 190. The Kier molecular flexibility index (Phi) is 9.18. The largest absolute Gasteiger partial charge is 0.425 e. The first kappa shape index (κ1) is 18.1. The van der Waals surface area contributed by atoms with Gasteiger partial charge < -0.3 is 0 Å². The van der Waals surface area contributed by atoms with Crippen LogP contribution in [0.5, 0.6) is 0 Å². The smallest absolute Gasteiger partial charge is 0.162 e. The minimum Gasteiger partial charge on any atom is -0.162 e. The van der Waals surface area contributed by atoms with Gasteiger partial charge in [-0.2, -0.15) is 23.2 Å². The van der Waals surface area contributed by atoms with E-state index in [2.05, 4.69) is 13.8 Å². The molecule has 0 heterocycles. The molecule has 0 aromatic rings. The van der Waals surface area contributed by atoms with E-state index in [0.717, 1.165) is 51.4 Å². The normalized spacial score (nSPS) is 13.9. The highest BCUT2D eigenvalue weighted by molar-refractivity contribution is 8.33. The monoisotopic (exact) mass is 286 g/mol. The van der Waals surface area contributed by atoms with Gasteiger partial charge in [0.25, 0.3) is 0 Å². The van der Waals surface area contributed by atoms with Crippen molar-refractivity contribution < 1.29 is 13.2 Å². The zero-order chi connectivity index (χ0) is 14.1. The Labute approximate surface area is 112 Å². The van der Waals surface area contributed by atoms with E-state index >= 15 is 0 Å². The van der Waals surface area contributed by atoms with Crippen LogP contribution in [0.4, 0.5) is 13.2 Å². The second kappa shape index (κ2) is 9.11. The van der Waals surface area contributed by atoms with Crippen molar-refractivity contribution in [2.24, 2.45) is 0 Å². The first-order valence-corrected chi connectivity index (χ1v) is 9.55. The van der Waals surface area contributed by atoms with Crippen molar-refractivity contribution in [1.82, 2.24) is 0 Å². The molecule has 0 unspecified atom stereocenters. The molecule has 0 atom stereocenters. The average molecular weight is 286 g/mol. The van der Waals surface area contributed by atoms with Gasteiger partial charge in [-0.05, 0) is 30.6 Å². The molecule has 112 valence electrons. The molecule has 0 aliphatic carbocycles. The zero-order valence-electron chi connectivity index (χ0n) is 12.1. The van der Waals surface area contributed by atoms with Gasteiger partial charge in [0.05, 0.1) is 0 Å². The van der Waals surface area contributed by atoms with E-state index in [-0.39, 0.29) is 0 Å². The molecule has 0 spiro atoms. The quantitative estimate of drug-likeness (QED) is 0.426. The molecule has 0 aromatic heterocycles. The van der Waals surface area contributed by atoms with Gasteiger partial charge in [0.2, 0.25) is 0 Å². The molecular formula is C14H29F3S. The molecule has 4 heteroatoms. The molecule has 18 heavy (non-hydrogen) atoms. The minimum absolute atomic E-state index is 0.378. The summed E-state index contributed by atoms with van der Waals surface area (Å²) >= 11 is 0. The fraction of sp³-hybridized carbons (Fsp3) is 1.00. The van der Waals surface area contributed by atoms with E-state index in [1.54, 1.807) is 0 Å². The molecular weight excluding hydrogens is 257 g/mol. The first-order valence-electron chi connectivity index (χ1n) is 7.17. The summed E-state index contributed by atoms with van der Waals surface area (Å²) in [6, 6.07) is 0. The van der Waals surface area contributed by atoms with Crippen molar-refractivity contribution in [3.8, 4) is 0 Å². The summed E-state index contributed by atoms with van der Waals surface area (Å²) in [5.41, 5.74) is -3.97. The van der Waals surface area contributed by atoms with Gasteiger partial charge in [0.15, 0.2) is 0 Å². The standard InChI is InChI=1S/C14H29F3S/c1-4-6-8-10-12-18(3,14(15,16)17)13-11-9-7-5-2/h4-13H2,1-3H3. The third-order valence-electron chi connectivity index (χ3n) is 3.46. The molecule has 0 radical (unpaired) electrons. The number of alkyl halides is 3. The maximum absolute atomic E-state index is 13.2. The lowest BCUT2D eigenvalue weighted by molar-refractivity contribution is -0.0380. The highest BCUT2D eigenvalue weighted by Crippen LogP contribution is 2.60. The van der Waals surface area contributed by atoms with Crippen LogP contribution in [0.15, 0.2) is 0 Å². The molecule has 0 amide bonds. The molecule has 0 fully saturated rings. The predicted molar refractivity (Wildman–Crippen MR) is 77.6 cm³/mol. The lowest BCUT2D eigenvalue weighted by Crippen LogP contribution is -2.25. The van der Waals surface area contributed by atoms with E-state index in [0.29, 0.717) is 11.5 Å². The van der Waals surface area contributed by atoms with Crippen molar-refractivity contribution in [2.45, 2.75) is 70.7 Å². The molecule has 0 aliphatic heterocycles. The summed E-state index contributed by atoms with van der Waals surface area (Å²) in [6.07, 6.45) is 9.15. The lowest BCUT2D eigenvalue weighted by atomic mass is 10.2. The lowest BCUT2D eigenvalue weighted by Gasteiger charge is -2.38.